The van der Waals surface area contributed by atoms with Crippen LogP contribution in [-0.2, 0) is 0 Å². The molecular weight excluding hydrogens is 280 g/mol. The van der Waals surface area contributed by atoms with Crippen LogP contribution >= 0.6 is 12.2 Å². The molecule has 0 atom stereocenters. The number of aryl methyl sites for hydroxylation is 1. The molecule has 0 fully saturated rings. The average Bonchev–Trinajstić information content (AvgIpc) is 2.86. The van der Waals surface area contributed by atoms with Gasteiger partial charge in [0.15, 0.2) is 4.71 Å². The van der Waals surface area contributed by atoms with Gasteiger partial charge in [-0.15, -0.1) is 0 Å². The van der Waals surface area contributed by atoms with Crippen molar-refractivity contribution in [3.05, 3.63) is 65.1 Å². The van der Waals surface area contributed by atoms with E-state index in [9.17, 15) is 0 Å². The second-order valence-corrected chi connectivity index (χ2v) is 5.51. The summed E-state index contributed by atoms with van der Waals surface area (Å²) in [6.45, 7) is 2.04. The van der Waals surface area contributed by atoms with Gasteiger partial charge < -0.3 is 8.83 Å². The fourth-order valence-corrected chi connectivity index (χ4v) is 2.87. The minimum atomic E-state index is 0.476. The van der Waals surface area contributed by atoms with Crippen LogP contribution in [-0.4, -0.2) is 0 Å². The number of hydrogen-bond donors (Lipinski definition) is 0. The molecule has 0 aliphatic heterocycles. The molecule has 0 aliphatic carbocycles. The molecule has 4 rings (SSSR count). The average molecular weight is 292 g/mol. The molecule has 3 heteroatoms. The van der Waals surface area contributed by atoms with E-state index >= 15 is 0 Å². The second-order valence-electron chi connectivity index (χ2n) is 5.11. The zero-order valence-corrected chi connectivity index (χ0v) is 12.2. The molecule has 0 saturated heterocycles. The van der Waals surface area contributed by atoms with Gasteiger partial charge in [-0.3, -0.25) is 0 Å². The molecule has 0 amide bonds. The maximum atomic E-state index is 5.70. The minimum absolute atomic E-state index is 0.476. The first kappa shape index (κ1) is 12.4. The van der Waals surface area contributed by atoms with Crippen LogP contribution in [0.2, 0.25) is 0 Å². The lowest BCUT2D eigenvalue weighted by Crippen LogP contribution is -1.82. The summed E-state index contributed by atoms with van der Waals surface area (Å²) in [5.74, 6) is 0. The van der Waals surface area contributed by atoms with Crippen LogP contribution in [0.15, 0.2) is 63.6 Å². The van der Waals surface area contributed by atoms with Crippen molar-refractivity contribution >= 4 is 34.2 Å². The quantitative estimate of drug-likeness (QED) is 0.409. The van der Waals surface area contributed by atoms with Gasteiger partial charge in [0.1, 0.15) is 11.2 Å². The molecule has 4 aromatic rings. The molecular formula is C18H12O2S. The number of rotatable bonds is 1. The number of furan rings is 1. The minimum Gasteiger partial charge on any atom is -0.464 e. The summed E-state index contributed by atoms with van der Waals surface area (Å²) < 4.78 is 11.7. The van der Waals surface area contributed by atoms with E-state index in [-0.39, 0.29) is 0 Å². The molecule has 2 aromatic heterocycles. The van der Waals surface area contributed by atoms with Gasteiger partial charge in [0.05, 0.1) is 6.26 Å². The monoisotopic (exact) mass is 292 g/mol. The van der Waals surface area contributed by atoms with E-state index in [1.54, 1.807) is 6.26 Å². The zero-order valence-electron chi connectivity index (χ0n) is 11.4. The molecule has 2 nitrogen and oxygen atoms in total. The summed E-state index contributed by atoms with van der Waals surface area (Å²) in [7, 11) is 0. The normalized spacial score (nSPS) is 11.3. The summed E-state index contributed by atoms with van der Waals surface area (Å²) >= 11 is 5.26. The highest BCUT2D eigenvalue weighted by Crippen LogP contribution is 2.33. The predicted molar refractivity (Wildman–Crippen MR) is 87.0 cm³/mol. The second kappa shape index (κ2) is 4.57. The Hall–Kier alpha value is -2.39. The fraction of sp³-hybridized carbons (Fsp3) is 0.0556. The van der Waals surface area contributed by atoms with E-state index in [2.05, 4.69) is 18.2 Å². The maximum Gasteiger partial charge on any atom is 0.191 e. The van der Waals surface area contributed by atoms with Crippen molar-refractivity contribution in [2.75, 3.05) is 0 Å². The summed E-state index contributed by atoms with van der Waals surface area (Å²) in [5, 5.41) is 2.15. The SMILES string of the molecule is Cc1coc2cc3oc(=S)cc(-c4ccccc4)c3cc12. The highest BCUT2D eigenvalue weighted by atomic mass is 32.1. The smallest absolute Gasteiger partial charge is 0.191 e. The zero-order chi connectivity index (χ0) is 14.4. The Morgan fingerprint density at radius 1 is 0.905 bits per heavy atom. The molecule has 0 aliphatic rings. The number of benzene rings is 2. The van der Waals surface area contributed by atoms with Gasteiger partial charge in [-0.1, -0.05) is 30.3 Å². The van der Waals surface area contributed by atoms with Crippen LogP contribution in [0.4, 0.5) is 0 Å². The lowest BCUT2D eigenvalue weighted by Gasteiger charge is -2.06. The molecule has 0 unspecified atom stereocenters. The van der Waals surface area contributed by atoms with Crippen LogP contribution in [0.3, 0.4) is 0 Å². The van der Waals surface area contributed by atoms with E-state index in [1.807, 2.05) is 37.3 Å². The third-order valence-corrected chi connectivity index (χ3v) is 3.92. The van der Waals surface area contributed by atoms with Gasteiger partial charge in [-0.25, -0.2) is 0 Å². The van der Waals surface area contributed by atoms with Crippen LogP contribution < -0.4 is 0 Å². The Bertz CT molecular complexity index is 1010. The number of hydrogen-bond acceptors (Lipinski definition) is 3. The van der Waals surface area contributed by atoms with Crippen molar-refractivity contribution in [1.29, 1.82) is 0 Å². The Morgan fingerprint density at radius 3 is 2.52 bits per heavy atom. The van der Waals surface area contributed by atoms with Crippen LogP contribution in [0.5, 0.6) is 0 Å². The van der Waals surface area contributed by atoms with E-state index in [0.29, 0.717) is 4.71 Å². The van der Waals surface area contributed by atoms with Gasteiger partial charge in [-0.2, -0.15) is 0 Å². The van der Waals surface area contributed by atoms with Crippen LogP contribution in [0.1, 0.15) is 5.56 Å². The van der Waals surface area contributed by atoms with Crippen molar-refractivity contribution in [2.45, 2.75) is 6.92 Å². The van der Waals surface area contributed by atoms with E-state index in [1.165, 1.54) is 0 Å². The van der Waals surface area contributed by atoms with E-state index in [0.717, 1.165) is 38.6 Å². The largest absolute Gasteiger partial charge is 0.464 e. The molecule has 0 radical (unpaired) electrons. The first-order valence-electron chi connectivity index (χ1n) is 6.73. The van der Waals surface area contributed by atoms with Crippen LogP contribution in [0.25, 0.3) is 33.1 Å². The first-order chi connectivity index (χ1) is 10.2. The molecule has 2 heterocycles. The molecule has 102 valence electrons. The lowest BCUT2D eigenvalue weighted by atomic mass is 10.0. The highest BCUT2D eigenvalue weighted by Gasteiger charge is 2.10. The summed E-state index contributed by atoms with van der Waals surface area (Å²) in [6, 6.07) is 16.2. The highest BCUT2D eigenvalue weighted by molar-refractivity contribution is 7.71. The lowest BCUT2D eigenvalue weighted by molar-refractivity contribution is 0.583. The molecule has 0 bridgehead atoms. The summed E-state index contributed by atoms with van der Waals surface area (Å²) in [6.07, 6.45) is 1.76. The van der Waals surface area contributed by atoms with E-state index < -0.39 is 0 Å². The predicted octanol–water partition coefficient (Wildman–Crippen LogP) is 5.88. The Kier molecular flexibility index (Phi) is 2.69. The fourth-order valence-electron chi connectivity index (χ4n) is 2.67. The molecule has 0 N–H and O–H groups in total. The van der Waals surface area contributed by atoms with Crippen LogP contribution in [0, 0.1) is 11.6 Å². The Labute approximate surface area is 126 Å². The molecule has 2 aromatic carbocycles. The number of fused-ring (bicyclic) bond motifs is 2. The molecule has 0 saturated carbocycles. The molecule has 21 heavy (non-hydrogen) atoms. The molecule has 0 spiro atoms. The van der Waals surface area contributed by atoms with E-state index in [4.69, 9.17) is 21.1 Å². The van der Waals surface area contributed by atoms with Crippen molar-refractivity contribution < 1.29 is 8.83 Å². The van der Waals surface area contributed by atoms with Crippen molar-refractivity contribution in [2.24, 2.45) is 0 Å². The first-order valence-corrected chi connectivity index (χ1v) is 7.14. The Balaban J connectivity index is 2.16. The third kappa shape index (κ3) is 1.98. The van der Waals surface area contributed by atoms with Gasteiger partial charge in [-0.05, 0) is 41.9 Å². The standard InChI is InChI=1S/C18H12O2S/c1-11-10-19-16-9-17-15(7-13(11)16)14(8-18(21)20-17)12-5-3-2-4-6-12/h2-10H,1H3. The van der Waals surface area contributed by atoms with Crippen molar-refractivity contribution in [3.8, 4) is 11.1 Å². The van der Waals surface area contributed by atoms with Gasteiger partial charge in [0, 0.05) is 22.9 Å². The topological polar surface area (TPSA) is 26.3 Å². The summed E-state index contributed by atoms with van der Waals surface area (Å²) in [4.78, 5) is 0. The van der Waals surface area contributed by atoms with Gasteiger partial charge >= 0.3 is 0 Å². The van der Waals surface area contributed by atoms with Gasteiger partial charge in [0.25, 0.3) is 0 Å². The summed E-state index contributed by atoms with van der Waals surface area (Å²) in [5.41, 5.74) is 4.91. The van der Waals surface area contributed by atoms with Crippen molar-refractivity contribution in [3.63, 3.8) is 0 Å². The van der Waals surface area contributed by atoms with Crippen molar-refractivity contribution in [1.82, 2.24) is 0 Å². The third-order valence-electron chi connectivity index (χ3n) is 3.72. The van der Waals surface area contributed by atoms with Gasteiger partial charge in [0.2, 0.25) is 0 Å². The Morgan fingerprint density at radius 2 is 1.71 bits per heavy atom. The maximum absolute atomic E-state index is 5.70.